The van der Waals surface area contributed by atoms with Crippen LogP contribution >= 0.6 is 11.6 Å². The Hall–Kier alpha value is -1.06. The number of halogens is 1. The average molecular weight is 197 g/mol. The fraction of sp³-hybridized carbons (Fsp3) is 0.222. The van der Waals surface area contributed by atoms with Crippen molar-refractivity contribution >= 4 is 22.5 Å². The van der Waals surface area contributed by atoms with E-state index in [1.165, 1.54) is 0 Å². The molecule has 1 N–H and O–H groups in total. The quantitative estimate of drug-likeness (QED) is 0.743. The molecule has 0 aliphatic heterocycles. The maximum atomic E-state index is 8.80. The van der Waals surface area contributed by atoms with E-state index in [9.17, 15) is 0 Å². The van der Waals surface area contributed by atoms with Gasteiger partial charge in [-0.05, 0) is 12.1 Å². The number of aliphatic hydroxyl groups excluding tert-OH is 1. The van der Waals surface area contributed by atoms with Crippen LogP contribution in [0, 0.1) is 0 Å². The van der Waals surface area contributed by atoms with Gasteiger partial charge in [-0.15, -0.1) is 0 Å². The molecule has 68 valence electrons. The zero-order valence-electron chi connectivity index (χ0n) is 6.94. The molecule has 0 aromatic carbocycles. The first kappa shape index (κ1) is 8.53. The molecule has 2 heterocycles. The number of pyridine rings is 1. The highest BCUT2D eigenvalue weighted by Crippen LogP contribution is 2.21. The standard InChI is InChI=1S/C9H9ClN2O/c10-9-8-7(1-3-11-9)2-4-12(8)5-6-13/h1-4,13H,5-6H2. The van der Waals surface area contributed by atoms with Crippen LogP contribution in [0.1, 0.15) is 0 Å². The fourth-order valence-electron chi connectivity index (χ4n) is 1.40. The molecule has 0 fully saturated rings. The van der Waals surface area contributed by atoms with E-state index in [-0.39, 0.29) is 6.61 Å². The summed E-state index contributed by atoms with van der Waals surface area (Å²) in [5, 5.41) is 10.3. The van der Waals surface area contributed by atoms with E-state index in [4.69, 9.17) is 16.7 Å². The Morgan fingerprint density at radius 3 is 3.08 bits per heavy atom. The number of fused-ring (bicyclic) bond motifs is 1. The monoisotopic (exact) mass is 196 g/mol. The number of hydrogen-bond acceptors (Lipinski definition) is 2. The van der Waals surface area contributed by atoms with E-state index in [1.807, 2.05) is 22.9 Å². The molecular formula is C9H9ClN2O. The SMILES string of the molecule is OCCn1ccc2ccnc(Cl)c21. The first-order valence-electron chi connectivity index (χ1n) is 4.03. The molecule has 13 heavy (non-hydrogen) atoms. The molecule has 4 heteroatoms. The predicted molar refractivity (Wildman–Crippen MR) is 51.8 cm³/mol. The van der Waals surface area contributed by atoms with E-state index in [2.05, 4.69) is 4.98 Å². The number of hydrogen-bond donors (Lipinski definition) is 1. The lowest BCUT2D eigenvalue weighted by Crippen LogP contribution is -2.00. The Bertz CT molecular complexity index is 424. The minimum atomic E-state index is 0.106. The molecule has 0 saturated heterocycles. The topological polar surface area (TPSA) is 38.0 Å². The Kier molecular flexibility index (Phi) is 2.20. The Balaban J connectivity index is 2.64. The van der Waals surface area contributed by atoms with Gasteiger partial charge in [0.15, 0.2) is 5.15 Å². The zero-order chi connectivity index (χ0) is 9.26. The second-order valence-electron chi connectivity index (χ2n) is 2.77. The molecule has 2 aromatic rings. The van der Waals surface area contributed by atoms with Gasteiger partial charge in [-0.3, -0.25) is 0 Å². The molecule has 0 bridgehead atoms. The third-order valence-electron chi connectivity index (χ3n) is 1.97. The number of rotatable bonds is 2. The van der Waals surface area contributed by atoms with Crippen molar-refractivity contribution in [3.05, 3.63) is 29.7 Å². The molecule has 0 radical (unpaired) electrons. The van der Waals surface area contributed by atoms with E-state index in [1.54, 1.807) is 6.20 Å². The van der Waals surface area contributed by atoms with Crippen molar-refractivity contribution in [2.45, 2.75) is 6.54 Å². The first-order valence-corrected chi connectivity index (χ1v) is 4.41. The summed E-state index contributed by atoms with van der Waals surface area (Å²) < 4.78 is 1.89. The lowest BCUT2D eigenvalue weighted by Gasteiger charge is -2.02. The number of nitrogens with zero attached hydrogens (tertiary/aromatic N) is 2. The lowest BCUT2D eigenvalue weighted by atomic mass is 10.3. The van der Waals surface area contributed by atoms with Crippen LogP contribution in [-0.2, 0) is 6.54 Å². The normalized spacial score (nSPS) is 10.9. The van der Waals surface area contributed by atoms with Gasteiger partial charge in [0.2, 0.25) is 0 Å². The van der Waals surface area contributed by atoms with Crippen LogP contribution in [0.15, 0.2) is 24.5 Å². The number of aromatic nitrogens is 2. The van der Waals surface area contributed by atoms with Gasteiger partial charge < -0.3 is 9.67 Å². The summed E-state index contributed by atoms with van der Waals surface area (Å²) in [7, 11) is 0. The molecular weight excluding hydrogens is 188 g/mol. The third kappa shape index (κ3) is 1.41. The predicted octanol–water partition coefficient (Wildman–Crippen LogP) is 1.68. The minimum Gasteiger partial charge on any atom is -0.395 e. The summed E-state index contributed by atoms with van der Waals surface area (Å²) in [4.78, 5) is 3.99. The lowest BCUT2D eigenvalue weighted by molar-refractivity contribution is 0.278. The van der Waals surface area contributed by atoms with E-state index < -0.39 is 0 Å². The first-order chi connectivity index (χ1) is 6.33. The second kappa shape index (κ2) is 3.36. The second-order valence-corrected chi connectivity index (χ2v) is 3.13. The van der Waals surface area contributed by atoms with Crippen molar-refractivity contribution in [3.8, 4) is 0 Å². The van der Waals surface area contributed by atoms with Crippen LogP contribution in [0.4, 0.5) is 0 Å². The van der Waals surface area contributed by atoms with E-state index in [0.29, 0.717) is 11.7 Å². The molecule has 0 aliphatic rings. The van der Waals surface area contributed by atoms with Crippen molar-refractivity contribution in [2.75, 3.05) is 6.61 Å². The van der Waals surface area contributed by atoms with Gasteiger partial charge >= 0.3 is 0 Å². The molecule has 0 saturated carbocycles. The molecule has 2 aromatic heterocycles. The molecule has 0 spiro atoms. The maximum absolute atomic E-state index is 8.80. The van der Waals surface area contributed by atoms with Crippen LogP contribution in [0.3, 0.4) is 0 Å². The van der Waals surface area contributed by atoms with Crippen molar-refractivity contribution in [1.82, 2.24) is 9.55 Å². The van der Waals surface area contributed by atoms with E-state index in [0.717, 1.165) is 10.9 Å². The molecule has 0 atom stereocenters. The van der Waals surface area contributed by atoms with Crippen LogP contribution in [0.2, 0.25) is 5.15 Å². The maximum Gasteiger partial charge on any atom is 0.153 e. The molecule has 3 nitrogen and oxygen atoms in total. The summed E-state index contributed by atoms with van der Waals surface area (Å²) in [6.07, 6.45) is 3.57. The van der Waals surface area contributed by atoms with Crippen molar-refractivity contribution < 1.29 is 5.11 Å². The van der Waals surface area contributed by atoms with E-state index >= 15 is 0 Å². The Labute approximate surface area is 80.6 Å². The van der Waals surface area contributed by atoms with Gasteiger partial charge in [-0.2, -0.15) is 0 Å². The zero-order valence-corrected chi connectivity index (χ0v) is 7.70. The van der Waals surface area contributed by atoms with Gasteiger partial charge in [0.25, 0.3) is 0 Å². The van der Waals surface area contributed by atoms with Gasteiger partial charge in [0.1, 0.15) is 0 Å². The largest absolute Gasteiger partial charge is 0.395 e. The van der Waals surface area contributed by atoms with Crippen molar-refractivity contribution in [3.63, 3.8) is 0 Å². The average Bonchev–Trinajstić information content (AvgIpc) is 2.51. The van der Waals surface area contributed by atoms with Crippen LogP contribution < -0.4 is 0 Å². The van der Waals surface area contributed by atoms with Crippen LogP contribution in [0.25, 0.3) is 10.9 Å². The number of aliphatic hydroxyl groups is 1. The fourth-order valence-corrected chi connectivity index (χ4v) is 1.67. The minimum absolute atomic E-state index is 0.106. The summed E-state index contributed by atoms with van der Waals surface area (Å²) in [6.45, 7) is 0.657. The molecule has 2 rings (SSSR count). The van der Waals surface area contributed by atoms with Crippen LogP contribution in [-0.4, -0.2) is 21.3 Å². The summed E-state index contributed by atoms with van der Waals surface area (Å²) in [5.41, 5.74) is 0.887. The summed E-state index contributed by atoms with van der Waals surface area (Å²) >= 11 is 5.93. The van der Waals surface area contributed by atoms with Crippen molar-refractivity contribution in [1.29, 1.82) is 0 Å². The molecule has 0 unspecified atom stereocenters. The summed E-state index contributed by atoms with van der Waals surface area (Å²) in [6, 6.07) is 3.85. The van der Waals surface area contributed by atoms with Gasteiger partial charge in [0, 0.05) is 24.3 Å². The van der Waals surface area contributed by atoms with Crippen LogP contribution in [0.5, 0.6) is 0 Å². The molecule has 0 aliphatic carbocycles. The molecule has 0 amide bonds. The summed E-state index contributed by atoms with van der Waals surface area (Å²) in [5.74, 6) is 0. The highest BCUT2D eigenvalue weighted by atomic mass is 35.5. The highest BCUT2D eigenvalue weighted by molar-refractivity contribution is 6.33. The smallest absolute Gasteiger partial charge is 0.153 e. The third-order valence-corrected chi connectivity index (χ3v) is 2.25. The van der Waals surface area contributed by atoms with Crippen molar-refractivity contribution in [2.24, 2.45) is 0 Å². The Morgan fingerprint density at radius 1 is 1.46 bits per heavy atom. The van der Waals surface area contributed by atoms with Gasteiger partial charge in [0.05, 0.1) is 12.1 Å². The van der Waals surface area contributed by atoms with Gasteiger partial charge in [-0.25, -0.2) is 4.98 Å². The van der Waals surface area contributed by atoms with Gasteiger partial charge in [-0.1, -0.05) is 11.6 Å². The Morgan fingerprint density at radius 2 is 2.31 bits per heavy atom. The highest BCUT2D eigenvalue weighted by Gasteiger charge is 2.04.